The Morgan fingerprint density at radius 2 is 1.71 bits per heavy atom. The summed E-state index contributed by atoms with van der Waals surface area (Å²) < 4.78 is 6.96. The molecule has 176 valence electrons. The molecule has 0 fully saturated rings. The van der Waals surface area contributed by atoms with E-state index in [1.807, 2.05) is 6.07 Å². The summed E-state index contributed by atoms with van der Waals surface area (Å²) in [5.74, 6) is -0.370. The molecule has 0 spiro atoms. The number of para-hydroxylation sites is 1. The third-order valence-electron chi connectivity index (χ3n) is 4.96. The van der Waals surface area contributed by atoms with E-state index >= 15 is 0 Å². The number of nitrogens with zero attached hydrogens (tertiary/aromatic N) is 4. The first kappa shape index (κ1) is 24.2. The summed E-state index contributed by atoms with van der Waals surface area (Å²) >= 11 is 6.80. The highest BCUT2D eigenvalue weighted by molar-refractivity contribution is 9.11. The second kappa shape index (κ2) is 9.76. The first-order valence-electron chi connectivity index (χ1n) is 9.92. The highest BCUT2D eigenvalue weighted by atomic mass is 79.9. The number of ether oxygens (including phenoxy) is 1. The SMILES string of the molecule is CC1=NN(c2ccccc2)C(=O)/C1=C/c1cc(Br)cc(Br)c1Oc1ccc([N+](=O)[O-])cc1[N+](=O)[O-]. The topological polar surface area (TPSA) is 128 Å². The second-order valence-corrected chi connectivity index (χ2v) is 9.04. The van der Waals surface area contributed by atoms with Gasteiger partial charge in [-0.15, -0.1) is 0 Å². The van der Waals surface area contributed by atoms with Gasteiger partial charge in [0.1, 0.15) is 5.75 Å². The van der Waals surface area contributed by atoms with E-state index in [1.165, 1.54) is 5.01 Å². The van der Waals surface area contributed by atoms with Gasteiger partial charge >= 0.3 is 5.69 Å². The summed E-state index contributed by atoms with van der Waals surface area (Å²) in [6.07, 6.45) is 1.58. The summed E-state index contributed by atoms with van der Waals surface area (Å²) in [5, 5.41) is 28.2. The summed E-state index contributed by atoms with van der Waals surface area (Å²) in [6.45, 7) is 1.70. The van der Waals surface area contributed by atoms with Gasteiger partial charge in [0.05, 0.1) is 37.4 Å². The quantitative estimate of drug-likeness (QED) is 0.177. The number of carbonyl (C=O) groups is 1. The standard InChI is InChI=1S/C23H14Br2N4O6/c1-13-18(23(30)27(26-13)16-5-3-2-4-6-16)10-14-9-15(24)11-19(25)22(14)35-21-8-7-17(28(31)32)12-20(21)29(33)34/h2-12H,1H3/b18-10+. The van der Waals surface area contributed by atoms with E-state index in [-0.39, 0.29) is 17.4 Å². The van der Waals surface area contributed by atoms with Gasteiger partial charge in [-0.3, -0.25) is 25.0 Å². The molecule has 0 saturated heterocycles. The van der Waals surface area contributed by atoms with Crippen molar-refractivity contribution < 1.29 is 19.4 Å². The molecular weight excluding hydrogens is 588 g/mol. The molecule has 1 heterocycles. The fraction of sp³-hybridized carbons (Fsp3) is 0.0435. The molecule has 1 aliphatic heterocycles. The first-order valence-corrected chi connectivity index (χ1v) is 11.5. The van der Waals surface area contributed by atoms with Crippen LogP contribution in [-0.4, -0.2) is 21.5 Å². The van der Waals surface area contributed by atoms with E-state index in [4.69, 9.17) is 4.74 Å². The molecule has 10 nitrogen and oxygen atoms in total. The van der Waals surface area contributed by atoms with Gasteiger partial charge in [0, 0.05) is 16.1 Å². The Hall–Kier alpha value is -3.90. The molecule has 1 amide bonds. The summed E-state index contributed by atoms with van der Waals surface area (Å²) in [5.41, 5.74) is 0.799. The molecule has 0 bridgehead atoms. The van der Waals surface area contributed by atoms with Gasteiger partial charge in [0.15, 0.2) is 0 Å². The minimum atomic E-state index is -0.762. The molecule has 4 rings (SSSR count). The van der Waals surface area contributed by atoms with Gasteiger partial charge in [0.25, 0.3) is 11.6 Å². The first-order chi connectivity index (χ1) is 16.7. The van der Waals surface area contributed by atoms with E-state index in [0.717, 1.165) is 18.2 Å². The van der Waals surface area contributed by atoms with E-state index in [2.05, 4.69) is 37.0 Å². The average molecular weight is 602 g/mol. The normalized spacial score (nSPS) is 14.3. The van der Waals surface area contributed by atoms with Gasteiger partial charge in [-0.05, 0) is 59.3 Å². The van der Waals surface area contributed by atoms with E-state index < -0.39 is 21.2 Å². The number of halogens is 2. The minimum absolute atomic E-state index is 0.177. The van der Waals surface area contributed by atoms with Crippen molar-refractivity contribution in [3.8, 4) is 11.5 Å². The monoisotopic (exact) mass is 600 g/mol. The molecule has 0 unspecified atom stereocenters. The summed E-state index contributed by atoms with van der Waals surface area (Å²) in [7, 11) is 0. The van der Waals surface area contributed by atoms with Crippen LogP contribution in [0.2, 0.25) is 0 Å². The van der Waals surface area contributed by atoms with E-state index in [0.29, 0.717) is 31.5 Å². The Morgan fingerprint density at radius 1 is 1.00 bits per heavy atom. The molecular formula is C23H14Br2N4O6. The zero-order valence-corrected chi connectivity index (χ0v) is 21.0. The Bertz CT molecular complexity index is 1440. The molecule has 0 aromatic heterocycles. The summed E-state index contributed by atoms with van der Waals surface area (Å²) in [6, 6.07) is 15.4. The zero-order valence-electron chi connectivity index (χ0n) is 17.8. The molecule has 0 radical (unpaired) electrons. The smallest absolute Gasteiger partial charge is 0.318 e. The average Bonchev–Trinajstić information content (AvgIpc) is 3.10. The number of hydrogen-bond acceptors (Lipinski definition) is 7. The van der Waals surface area contributed by atoms with Crippen molar-refractivity contribution in [1.82, 2.24) is 0 Å². The lowest BCUT2D eigenvalue weighted by molar-refractivity contribution is -0.394. The largest absolute Gasteiger partial charge is 0.448 e. The number of benzene rings is 3. The zero-order chi connectivity index (χ0) is 25.3. The predicted molar refractivity (Wildman–Crippen MR) is 137 cm³/mol. The molecule has 0 saturated carbocycles. The maximum atomic E-state index is 13.1. The predicted octanol–water partition coefficient (Wildman–Crippen LogP) is 6.63. The van der Waals surface area contributed by atoms with E-state index in [1.54, 1.807) is 49.4 Å². The van der Waals surface area contributed by atoms with Crippen molar-refractivity contribution in [3.63, 3.8) is 0 Å². The number of anilines is 1. The van der Waals surface area contributed by atoms with Crippen LogP contribution in [0.5, 0.6) is 11.5 Å². The number of rotatable bonds is 6. The lowest BCUT2D eigenvalue weighted by Crippen LogP contribution is -2.21. The third kappa shape index (κ3) is 4.98. The van der Waals surface area contributed by atoms with Gasteiger partial charge < -0.3 is 4.74 Å². The Labute approximate surface area is 215 Å². The fourth-order valence-corrected chi connectivity index (χ4v) is 4.68. The van der Waals surface area contributed by atoms with Gasteiger partial charge in [0.2, 0.25) is 5.75 Å². The van der Waals surface area contributed by atoms with Crippen molar-refractivity contribution in [1.29, 1.82) is 0 Å². The lowest BCUT2D eigenvalue weighted by atomic mass is 10.1. The highest BCUT2D eigenvalue weighted by Gasteiger charge is 2.29. The van der Waals surface area contributed by atoms with Crippen LogP contribution in [0.1, 0.15) is 12.5 Å². The molecule has 0 N–H and O–H groups in total. The van der Waals surface area contributed by atoms with Crippen molar-refractivity contribution in [2.75, 3.05) is 5.01 Å². The van der Waals surface area contributed by atoms with Crippen molar-refractivity contribution in [2.24, 2.45) is 5.10 Å². The van der Waals surface area contributed by atoms with Crippen molar-refractivity contribution in [3.05, 3.63) is 101 Å². The molecule has 3 aromatic rings. The molecule has 35 heavy (non-hydrogen) atoms. The second-order valence-electron chi connectivity index (χ2n) is 7.27. The Balaban J connectivity index is 1.78. The molecule has 12 heteroatoms. The van der Waals surface area contributed by atoms with Crippen LogP contribution < -0.4 is 9.75 Å². The number of non-ortho nitro benzene ring substituents is 1. The number of hydrogen-bond donors (Lipinski definition) is 0. The van der Waals surface area contributed by atoms with Gasteiger partial charge in [-0.25, -0.2) is 0 Å². The fourth-order valence-electron chi connectivity index (χ4n) is 3.34. The maximum absolute atomic E-state index is 13.1. The van der Waals surface area contributed by atoms with Gasteiger partial charge in [-0.2, -0.15) is 10.1 Å². The molecule has 0 atom stereocenters. The van der Waals surface area contributed by atoms with Crippen LogP contribution in [0.3, 0.4) is 0 Å². The van der Waals surface area contributed by atoms with E-state index in [9.17, 15) is 25.0 Å². The van der Waals surface area contributed by atoms with Crippen molar-refractivity contribution in [2.45, 2.75) is 6.92 Å². The van der Waals surface area contributed by atoms with Crippen LogP contribution in [-0.2, 0) is 4.79 Å². The Morgan fingerprint density at radius 3 is 2.37 bits per heavy atom. The number of nitro benzene ring substituents is 2. The van der Waals surface area contributed by atoms with Crippen molar-refractivity contribution >= 4 is 66.6 Å². The Kier molecular flexibility index (Phi) is 6.76. The van der Waals surface area contributed by atoms with Crippen LogP contribution in [0.25, 0.3) is 6.08 Å². The van der Waals surface area contributed by atoms with Crippen LogP contribution in [0.4, 0.5) is 17.1 Å². The minimum Gasteiger partial charge on any atom is -0.448 e. The van der Waals surface area contributed by atoms with Crippen LogP contribution in [0.15, 0.2) is 80.3 Å². The van der Waals surface area contributed by atoms with Crippen LogP contribution >= 0.6 is 31.9 Å². The number of carbonyl (C=O) groups excluding carboxylic acids is 1. The van der Waals surface area contributed by atoms with Crippen LogP contribution in [0, 0.1) is 20.2 Å². The number of hydrazone groups is 1. The molecule has 1 aliphatic rings. The maximum Gasteiger partial charge on any atom is 0.318 e. The number of amides is 1. The number of nitro groups is 2. The lowest BCUT2D eigenvalue weighted by Gasteiger charge is -2.13. The summed E-state index contributed by atoms with van der Waals surface area (Å²) in [4.78, 5) is 34.2. The van der Waals surface area contributed by atoms with Gasteiger partial charge in [-0.1, -0.05) is 34.1 Å². The highest BCUT2D eigenvalue weighted by Crippen LogP contribution is 2.41. The molecule has 0 aliphatic carbocycles. The molecule has 3 aromatic carbocycles. The third-order valence-corrected chi connectivity index (χ3v) is 6.01.